The van der Waals surface area contributed by atoms with Gasteiger partial charge in [-0.15, -0.1) is 0 Å². The molecule has 0 saturated heterocycles. The van der Waals surface area contributed by atoms with Gasteiger partial charge in [-0.1, -0.05) is 11.3 Å². The summed E-state index contributed by atoms with van der Waals surface area (Å²) in [6.45, 7) is 2.38. The van der Waals surface area contributed by atoms with Crippen LogP contribution in [-0.2, 0) is 12.8 Å². The number of ether oxygens (including phenoxy) is 1. The molecule has 7 nitrogen and oxygen atoms in total. The van der Waals surface area contributed by atoms with Gasteiger partial charge in [0.2, 0.25) is 0 Å². The third-order valence-electron chi connectivity index (χ3n) is 7.13. The molecular formula is C25H31F2N5O2S. The van der Waals surface area contributed by atoms with Gasteiger partial charge in [-0.05, 0) is 69.2 Å². The van der Waals surface area contributed by atoms with Gasteiger partial charge in [0.15, 0.2) is 6.61 Å². The average molecular weight is 504 g/mol. The van der Waals surface area contributed by atoms with Crippen molar-refractivity contribution in [2.24, 2.45) is 5.92 Å². The van der Waals surface area contributed by atoms with Gasteiger partial charge in [0.1, 0.15) is 0 Å². The number of aromatic nitrogens is 3. The van der Waals surface area contributed by atoms with E-state index in [1.165, 1.54) is 22.6 Å². The maximum absolute atomic E-state index is 12.8. The highest BCUT2D eigenvalue weighted by atomic mass is 32.1. The van der Waals surface area contributed by atoms with Crippen LogP contribution in [0.5, 0.6) is 5.19 Å². The number of amides is 1. The number of rotatable bonds is 8. The zero-order valence-electron chi connectivity index (χ0n) is 19.7. The van der Waals surface area contributed by atoms with Gasteiger partial charge in [0, 0.05) is 42.8 Å². The summed E-state index contributed by atoms with van der Waals surface area (Å²) in [7, 11) is 0. The first kappa shape index (κ1) is 24.1. The summed E-state index contributed by atoms with van der Waals surface area (Å²) in [6.07, 6.45) is 8.26. The van der Waals surface area contributed by atoms with E-state index in [1.807, 2.05) is 24.4 Å². The molecule has 3 aromatic heterocycles. The van der Waals surface area contributed by atoms with E-state index < -0.39 is 13.0 Å². The highest BCUT2D eigenvalue weighted by Crippen LogP contribution is 2.30. The fourth-order valence-electron chi connectivity index (χ4n) is 5.17. The van der Waals surface area contributed by atoms with E-state index in [9.17, 15) is 13.6 Å². The van der Waals surface area contributed by atoms with Gasteiger partial charge >= 0.3 is 0 Å². The lowest BCUT2D eigenvalue weighted by molar-refractivity contribution is 0.0816. The smallest absolute Gasteiger partial charge is 0.273 e. The van der Waals surface area contributed by atoms with Crippen LogP contribution < -0.4 is 10.1 Å². The van der Waals surface area contributed by atoms with Gasteiger partial charge in [-0.25, -0.2) is 18.3 Å². The number of alkyl halides is 2. The van der Waals surface area contributed by atoms with E-state index >= 15 is 0 Å². The Morgan fingerprint density at radius 3 is 2.86 bits per heavy atom. The van der Waals surface area contributed by atoms with E-state index in [2.05, 4.69) is 20.3 Å². The number of thiazole rings is 1. The van der Waals surface area contributed by atoms with Crippen LogP contribution in [0.3, 0.4) is 0 Å². The Labute approximate surface area is 207 Å². The molecule has 0 atom stereocenters. The summed E-state index contributed by atoms with van der Waals surface area (Å²) < 4.78 is 31.6. The van der Waals surface area contributed by atoms with Crippen LogP contribution in [0, 0.1) is 5.92 Å². The molecule has 10 heteroatoms. The van der Waals surface area contributed by atoms with Crippen molar-refractivity contribution in [1.29, 1.82) is 0 Å². The van der Waals surface area contributed by atoms with Crippen molar-refractivity contribution in [3.8, 4) is 5.19 Å². The molecule has 0 unspecified atom stereocenters. The van der Waals surface area contributed by atoms with Crippen molar-refractivity contribution in [2.75, 3.05) is 26.2 Å². The lowest BCUT2D eigenvalue weighted by Crippen LogP contribution is -2.38. The Kier molecular flexibility index (Phi) is 7.57. The molecule has 1 saturated carbocycles. The van der Waals surface area contributed by atoms with Crippen molar-refractivity contribution in [1.82, 2.24) is 24.8 Å². The fraction of sp³-hybridized carbons (Fsp3) is 0.560. The van der Waals surface area contributed by atoms with Crippen LogP contribution in [0.15, 0.2) is 30.6 Å². The Morgan fingerprint density at radius 1 is 1.20 bits per heavy atom. The van der Waals surface area contributed by atoms with Crippen molar-refractivity contribution < 1.29 is 18.3 Å². The van der Waals surface area contributed by atoms with Crippen LogP contribution >= 0.6 is 11.3 Å². The first-order valence-electron chi connectivity index (χ1n) is 12.4. The zero-order valence-corrected chi connectivity index (χ0v) is 20.5. The topological polar surface area (TPSA) is 71.8 Å². The quantitative estimate of drug-likeness (QED) is 0.499. The normalized spacial score (nSPS) is 21.1. The van der Waals surface area contributed by atoms with Crippen LogP contribution in [0.4, 0.5) is 8.78 Å². The molecule has 1 fully saturated rings. The molecule has 188 valence electrons. The average Bonchev–Trinajstić information content (AvgIpc) is 3.42. The fourth-order valence-corrected chi connectivity index (χ4v) is 6.12. The Balaban J connectivity index is 1.03. The van der Waals surface area contributed by atoms with Crippen molar-refractivity contribution in [3.05, 3.63) is 46.7 Å². The van der Waals surface area contributed by atoms with E-state index in [0.717, 1.165) is 69.4 Å². The summed E-state index contributed by atoms with van der Waals surface area (Å²) >= 11 is 1.41. The molecular weight excluding hydrogens is 472 g/mol. The van der Waals surface area contributed by atoms with Crippen LogP contribution in [0.2, 0.25) is 0 Å². The van der Waals surface area contributed by atoms with Gasteiger partial charge < -0.3 is 15.0 Å². The standard InChI is InChI=1S/C25H31F2N5O2S/c26-23(27)16-34-25-30-20-9-13-31(14-10-22(20)35-25)12-7-17-3-5-18(6-4-17)29-24(33)19-8-15-32-21(19)2-1-11-28-32/h1-2,8,11,15,17-18,23H,3-7,9-10,12-14,16H2,(H,29,33). The minimum Gasteiger partial charge on any atom is -0.464 e. The van der Waals surface area contributed by atoms with E-state index in [1.54, 1.807) is 10.7 Å². The molecule has 1 aliphatic carbocycles. The molecule has 0 radical (unpaired) electrons. The first-order valence-corrected chi connectivity index (χ1v) is 13.2. The van der Waals surface area contributed by atoms with Crippen LogP contribution in [0.25, 0.3) is 5.52 Å². The van der Waals surface area contributed by atoms with Gasteiger partial charge in [0.25, 0.3) is 17.5 Å². The number of carbonyl (C=O) groups is 1. The third-order valence-corrected chi connectivity index (χ3v) is 8.20. The Hall–Kier alpha value is -2.59. The molecule has 35 heavy (non-hydrogen) atoms. The van der Waals surface area contributed by atoms with Crippen LogP contribution in [-0.4, -0.2) is 64.1 Å². The molecule has 2 aliphatic rings. The number of nitrogens with zero attached hydrogens (tertiary/aromatic N) is 4. The molecule has 1 amide bonds. The minimum absolute atomic E-state index is 0.0163. The lowest BCUT2D eigenvalue weighted by Gasteiger charge is -2.30. The molecule has 1 N–H and O–H groups in total. The van der Waals surface area contributed by atoms with E-state index in [-0.39, 0.29) is 11.9 Å². The number of fused-ring (bicyclic) bond motifs is 2. The second-order valence-corrected chi connectivity index (χ2v) is 10.5. The number of carbonyl (C=O) groups excluding carboxylic acids is 1. The van der Waals surface area contributed by atoms with Gasteiger partial charge in [-0.3, -0.25) is 4.79 Å². The summed E-state index contributed by atoms with van der Waals surface area (Å²) in [5.41, 5.74) is 2.51. The Morgan fingerprint density at radius 2 is 2.03 bits per heavy atom. The number of halogens is 2. The van der Waals surface area contributed by atoms with E-state index in [4.69, 9.17) is 4.74 Å². The summed E-state index contributed by atoms with van der Waals surface area (Å²) in [4.78, 5) is 20.9. The highest BCUT2D eigenvalue weighted by molar-refractivity contribution is 7.13. The second-order valence-electron chi connectivity index (χ2n) is 9.46. The number of hydrogen-bond donors (Lipinski definition) is 1. The predicted molar refractivity (Wildman–Crippen MR) is 130 cm³/mol. The van der Waals surface area contributed by atoms with Crippen molar-refractivity contribution >= 4 is 22.8 Å². The maximum Gasteiger partial charge on any atom is 0.273 e. The largest absolute Gasteiger partial charge is 0.464 e. The summed E-state index contributed by atoms with van der Waals surface area (Å²) in [5.74, 6) is 0.671. The number of hydrogen-bond acceptors (Lipinski definition) is 6. The lowest BCUT2D eigenvalue weighted by atomic mass is 9.84. The Bertz CT molecular complexity index is 1120. The molecule has 0 spiro atoms. The SMILES string of the molecule is O=C(NC1CCC(CCN2CCc3nc(OCC(F)F)sc3CC2)CC1)c1ccn2ncccc12. The molecule has 5 rings (SSSR count). The van der Waals surface area contributed by atoms with Gasteiger partial charge in [-0.2, -0.15) is 5.10 Å². The second kappa shape index (κ2) is 11.0. The first-order chi connectivity index (χ1) is 17.0. The minimum atomic E-state index is -2.47. The third kappa shape index (κ3) is 5.98. The summed E-state index contributed by atoms with van der Waals surface area (Å²) in [5, 5.41) is 7.83. The molecule has 1 aliphatic heterocycles. The van der Waals surface area contributed by atoms with Crippen molar-refractivity contribution in [2.45, 2.75) is 57.4 Å². The molecule has 4 heterocycles. The van der Waals surface area contributed by atoms with Crippen molar-refractivity contribution in [3.63, 3.8) is 0 Å². The maximum atomic E-state index is 12.8. The van der Waals surface area contributed by atoms with Gasteiger partial charge in [0.05, 0.1) is 16.8 Å². The van der Waals surface area contributed by atoms with Crippen LogP contribution in [0.1, 0.15) is 53.0 Å². The summed E-state index contributed by atoms with van der Waals surface area (Å²) in [6, 6.07) is 5.82. The highest BCUT2D eigenvalue weighted by Gasteiger charge is 2.25. The molecule has 0 aromatic carbocycles. The predicted octanol–water partition coefficient (Wildman–Crippen LogP) is 4.21. The monoisotopic (exact) mass is 503 g/mol. The number of nitrogens with one attached hydrogen (secondary N) is 1. The van der Waals surface area contributed by atoms with E-state index in [0.29, 0.717) is 16.7 Å². The molecule has 3 aromatic rings. The molecule has 0 bridgehead atoms. The zero-order chi connectivity index (χ0) is 24.2.